The first-order valence-corrected chi connectivity index (χ1v) is 13.2. The van der Waals surface area contributed by atoms with Gasteiger partial charge in [0.15, 0.2) is 0 Å². The maximum Gasteiger partial charge on any atom is 0.277 e. The summed E-state index contributed by atoms with van der Waals surface area (Å²) in [6.07, 6.45) is 2.85. The number of imide groups is 1. The molecule has 1 aromatic heterocycles. The van der Waals surface area contributed by atoms with Crippen LogP contribution in [0.4, 0.5) is 5.69 Å². The fourth-order valence-electron chi connectivity index (χ4n) is 4.43. The number of rotatable bonds is 10. The molecule has 1 aliphatic heterocycles. The molecule has 37 heavy (non-hydrogen) atoms. The summed E-state index contributed by atoms with van der Waals surface area (Å²) in [6, 6.07) is 18.7. The van der Waals surface area contributed by atoms with E-state index in [-0.39, 0.29) is 23.5 Å². The predicted molar refractivity (Wildman–Crippen MR) is 142 cm³/mol. The molecule has 1 aliphatic rings. The zero-order valence-corrected chi connectivity index (χ0v) is 21.2. The molecule has 188 valence electrons. The molecule has 1 N–H and O–H groups in total. The SMILES string of the molecule is Cc1ccccc1NC(=O)CSc1nnc(CCCCCN2C(=O)c3cccc4cccc(c34)C2=O)o1. The van der Waals surface area contributed by atoms with Gasteiger partial charge in [-0.25, -0.2) is 0 Å². The minimum Gasteiger partial charge on any atom is -0.416 e. The number of unbranched alkanes of at least 4 members (excludes halogenated alkanes) is 2. The van der Waals surface area contributed by atoms with Gasteiger partial charge in [-0.15, -0.1) is 10.2 Å². The van der Waals surface area contributed by atoms with E-state index in [1.165, 1.54) is 16.7 Å². The monoisotopic (exact) mass is 514 g/mol. The van der Waals surface area contributed by atoms with Crippen LogP contribution < -0.4 is 5.32 Å². The lowest BCUT2D eigenvalue weighted by Crippen LogP contribution is -2.40. The number of hydrogen-bond acceptors (Lipinski definition) is 7. The van der Waals surface area contributed by atoms with E-state index >= 15 is 0 Å². The molecular formula is C28H26N4O4S. The summed E-state index contributed by atoms with van der Waals surface area (Å²) in [5, 5.41) is 13.0. The van der Waals surface area contributed by atoms with Crippen molar-refractivity contribution in [3.8, 4) is 0 Å². The third-order valence-electron chi connectivity index (χ3n) is 6.32. The Morgan fingerprint density at radius 3 is 2.38 bits per heavy atom. The summed E-state index contributed by atoms with van der Waals surface area (Å²) in [6.45, 7) is 2.30. The molecule has 0 radical (unpaired) electrons. The van der Waals surface area contributed by atoms with Crippen LogP contribution in [0.25, 0.3) is 10.8 Å². The molecule has 0 bridgehead atoms. The van der Waals surface area contributed by atoms with Crippen molar-refractivity contribution in [1.29, 1.82) is 0 Å². The number of aryl methyl sites for hydroxylation is 2. The highest BCUT2D eigenvalue weighted by molar-refractivity contribution is 7.99. The average molecular weight is 515 g/mol. The predicted octanol–water partition coefficient (Wildman–Crippen LogP) is 5.27. The van der Waals surface area contributed by atoms with Gasteiger partial charge in [-0.1, -0.05) is 60.6 Å². The first-order valence-electron chi connectivity index (χ1n) is 12.2. The lowest BCUT2D eigenvalue weighted by Gasteiger charge is -2.27. The third kappa shape index (κ3) is 5.41. The number of carbonyl (C=O) groups is 3. The molecule has 0 fully saturated rings. The molecule has 8 nitrogen and oxygen atoms in total. The smallest absolute Gasteiger partial charge is 0.277 e. The van der Waals surface area contributed by atoms with E-state index < -0.39 is 0 Å². The zero-order valence-electron chi connectivity index (χ0n) is 20.4. The van der Waals surface area contributed by atoms with Gasteiger partial charge in [0, 0.05) is 35.2 Å². The highest BCUT2D eigenvalue weighted by Gasteiger charge is 2.32. The maximum atomic E-state index is 13.0. The van der Waals surface area contributed by atoms with Crippen LogP contribution in [0.2, 0.25) is 0 Å². The third-order valence-corrected chi connectivity index (χ3v) is 7.14. The molecule has 0 saturated carbocycles. The fraction of sp³-hybridized carbons (Fsp3) is 0.250. The highest BCUT2D eigenvalue weighted by Crippen LogP contribution is 2.30. The minimum absolute atomic E-state index is 0.139. The molecule has 3 aromatic carbocycles. The maximum absolute atomic E-state index is 13.0. The quantitative estimate of drug-likeness (QED) is 0.175. The first-order chi connectivity index (χ1) is 18.0. The van der Waals surface area contributed by atoms with Crippen molar-refractivity contribution in [2.24, 2.45) is 0 Å². The first kappa shape index (κ1) is 24.7. The number of amides is 3. The van der Waals surface area contributed by atoms with Gasteiger partial charge in [-0.3, -0.25) is 19.3 Å². The van der Waals surface area contributed by atoms with Crippen LogP contribution in [-0.2, 0) is 11.2 Å². The van der Waals surface area contributed by atoms with E-state index in [1.807, 2.05) is 55.5 Å². The molecule has 0 spiro atoms. The number of benzene rings is 3. The second kappa shape index (κ2) is 11.0. The fourth-order valence-corrected chi connectivity index (χ4v) is 5.01. The Morgan fingerprint density at radius 2 is 1.65 bits per heavy atom. The Labute approximate surface area is 218 Å². The summed E-state index contributed by atoms with van der Waals surface area (Å²) >= 11 is 1.20. The van der Waals surface area contributed by atoms with Crippen LogP contribution in [0.15, 0.2) is 70.3 Å². The van der Waals surface area contributed by atoms with Crippen molar-refractivity contribution in [3.63, 3.8) is 0 Å². The number of nitrogens with zero attached hydrogens (tertiary/aromatic N) is 3. The van der Waals surface area contributed by atoms with Crippen LogP contribution in [0, 0.1) is 6.92 Å². The summed E-state index contributed by atoms with van der Waals surface area (Å²) in [4.78, 5) is 39.5. The Kier molecular flexibility index (Phi) is 7.32. The van der Waals surface area contributed by atoms with E-state index in [9.17, 15) is 14.4 Å². The molecule has 2 heterocycles. The van der Waals surface area contributed by atoms with Crippen LogP contribution in [0.1, 0.15) is 51.4 Å². The van der Waals surface area contributed by atoms with Gasteiger partial charge >= 0.3 is 0 Å². The van der Waals surface area contributed by atoms with Crippen molar-refractivity contribution in [2.45, 2.75) is 37.8 Å². The highest BCUT2D eigenvalue weighted by atomic mass is 32.2. The van der Waals surface area contributed by atoms with Crippen LogP contribution in [-0.4, -0.2) is 45.1 Å². The van der Waals surface area contributed by atoms with E-state index in [4.69, 9.17) is 4.42 Å². The normalized spacial score (nSPS) is 12.8. The lowest BCUT2D eigenvalue weighted by atomic mass is 9.94. The average Bonchev–Trinajstić information content (AvgIpc) is 3.36. The van der Waals surface area contributed by atoms with Gasteiger partial charge in [0.05, 0.1) is 5.75 Å². The number of anilines is 1. The van der Waals surface area contributed by atoms with Crippen molar-refractivity contribution >= 4 is 45.9 Å². The van der Waals surface area contributed by atoms with E-state index in [2.05, 4.69) is 15.5 Å². The van der Waals surface area contributed by atoms with E-state index in [0.29, 0.717) is 41.6 Å². The van der Waals surface area contributed by atoms with Crippen molar-refractivity contribution in [3.05, 3.63) is 83.2 Å². The van der Waals surface area contributed by atoms with E-state index in [1.54, 1.807) is 12.1 Å². The molecule has 5 rings (SSSR count). The molecule has 0 saturated heterocycles. The summed E-state index contributed by atoms with van der Waals surface area (Å²) in [7, 11) is 0. The Bertz CT molecular complexity index is 1430. The standard InChI is InChI=1S/C28H26N4O4S/c1-18-9-4-5-14-22(18)29-23(33)17-37-28-31-30-24(36-28)15-3-2-6-16-32-26(34)20-12-7-10-19-11-8-13-21(25(19)20)27(32)35/h4-5,7-14H,2-3,6,15-17H2,1H3,(H,29,33). The molecule has 0 atom stereocenters. The number of thioether (sulfide) groups is 1. The number of hydrogen-bond donors (Lipinski definition) is 1. The number of para-hydroxylation sites is 1. The van der Waals surface area contributed by atoms with Crippen molar-refractivity contribution in [1.82, 2.24) is 15.1 Å². The van der Waals surface area contributed by atoms with Gasteiger partial charge in [0.2, 0.25) is 11.8 Å². The van der Waals surface area contributed by atoms with Crippen LogP contribution in [0.5, 0.6) is 0 Å². The lowest BCUT2D eigenvalue weighted by molar-refractivity contribution is -0.113. The van der Waals surface area contributed by atoms with E-state index in [0.717, 1.165) is 34.9 Å². The Balaban J connectivity index is 1.06. The van der Waals surface area contributed by atoms with Gasteiger partial charge in [-0.2, -0.15) is 0 Å². The molecule has 0 unspecified atom stereocenters. The van der Waals surface area contributed by atoms with Crippen LogP contribution in [0.3, 0.4) is 0 Å². The van der Waals surface area contributed by atoms with Gasteiger partial charge in [-0.05, 0) is 48.9 Å². The Hall–Kier alpha value is -3.98. The number of nitrogens with one attached hydrogen (secondary N) is 1. The molecule has 0 aliphatic carbocycles. The van der Waals surface area contributed by atoms with Gasteiger partial charge in [0.1, 0.15) is 0 Å². The molecular weight excluding hydrogens is 488 g/mol. The topological polar surface area (TPSA) is 105 Å². The second-order valence-corrected chi connectivity index (χ2v) is 9.82. The second-order valence-electron chi connectivity index (χ2n) is 8.90. The molecule has 9 heteroatoms. The number of aromatic nitrogens is 2. The summed E-state index contributed by atoms with van der Waals surface area (Å²) < 4.78 is 5.65. The largest absolute Gasteiger partial charge is 0.416 e. The van der Waals surface area contributed by atoms with Gasteiger partial charge < -0.3 is 9.73 Å². The Morgan fingerprint density at radius 1 is 0.919 bits per heavy atom. The van der Waals surface area contributed by atoms with Crippen LogP contribution >= 0.6 is 11.8 Å². The van der Waals surface area contributed by atoms with Crippen molar-refractivity contribution < 1.29 is 18.8 Å². The zero-order chi connectivity index (χ0) is 25.8. The van der Waals surface area contributed by atoms with Crippen molar-refractivity contribution in [2.75, 3.05) is 17.6 Å². The number of carbonyl (C=O) groups excluding carboxylic acids is 3. The summed E-state index contributed by atoms with van der Waals surface area (Å²) in [5.74, 6) is 0.0657. The summed E-state index contributed by atoms with van der Waals surface area (Å²) in [5.41, 5.74) is 2.94. The minimum atomic E-state index is -0.237. The molecule has 3 amide bonds. The molecule has 4 aromatic rings. The van der Waals surface area contributed by atoms with Gasteiger partial charge in [0.25, 0.3) is 17.0 Å².